The third-order valence-corrected chi connectivity index (χ3v) is 4.12. The zero-order valence-corrected chi connectivity index (χ0v) is 11.3. The van der Waals surface area contributed by atoms with E-state index in [9.17, 15) is 4.79 Å². The summed E-state index contributed by atoms with van der Waals surface area (Å²) in [6.45, 7) is 5.73. The Kier molecular flexibility index (Phi) is 3.99. The van der Waals surface area contributed by atoms with Gasteiger partial charge >= 0.3 is 6.03 Å². The average Bonchev–Trinajstić information content (AvgIpc) is 2.54. The molecule has 1 aliphatic heterocycles. The zero-order chi connectivity index (χ0) is 12.3. The third kappa shape index (κ3) is 3.19. The van der Waals surface area contributed by atoms with E-state index in [1.165, 1.54) is 12.8 Å². The Morgan fingerprint density at radius 3 is 2.41 bits per heavy atom. The second-order valence-electron chi connectivity index (χ2n) is 4.49. The Bertz CT molecular complexity index is 375. The third-order valence-electron chi connectivity index (χ3n) is 3.14. The first-order chi connectivity index (χ1) is 8.16. The molecule has 94 valence electrons. The number of nitrogens with one attached hydrogen (secondary N) is 1. The lowest BCUT2D eigenvalue weighted by Crippen LogP contribution is -2.35. The van der Waals surface area contributed by atoms with E-state index in [1.807, 2.05) is 18.7 Å². The minimum absolute atomic E-state index is 0.000602. The molecule has 4 nitrogen and oxygen atoms in total. The summed E-state index contributed by atoms with van der Waals surface area (Å²) < 4.78 is 0. The molecule has 0 saturated carbocycles. The molecule has 1 N–H and O–H groups in total. The quantitative estimate of drug-likeness (QED) is 0.835. The number of rotatable bonds is 1. The Labute approximate surface area is 106 Å². The molecule has 0 radical (unpaired) electrons. The average molecular weight is 253 g/mol. The van der Waals surface area contributed by atoms with Crippen LogP contribution in [-0.2, 0) is 0 Å². The number of aromatic nitrogens is 1. The van der Waals surface area contributed by atoms with Gasteiger partial charge in [-0.3, -0.25) is 5.32 Å². The van der Waals surface area contributed by atoms with Crippen molar-refractivity contribution in [1.29, 1.82) is 0 Å². The summed E-state index contributed by atoms with van der Waals surface area (Å²) in [7, 11) is 0. The number of nitrogens with zero attached hydrogens (tertiary/aromatic N) is 2. The van der Waals surface area contributed by atoms with Crippen molar-refractivity contribution in [3.05, 3.63) is 10.6 Å². The number of aryl methyl sites for hydroxylation is 2. The molecule has 0 atom stereocenters. The first-order valence-corrected chi connectivity index (χ1v) is 6.98. The van der Waals surface area contributed by atoms with E-state index in [1.54, 1.807) is 11.3 Å². The van der Waals surface area contributed by atoms with Crippen LogP contribution in [0.4, 0.5) is 9.93 Å². The summed E-state index contributed by atoms with van der Waals surface area (Å²) in [5.74, 6) is 0. The van der Waals surface area contributed by atoms with Crippen LogP contribution in [0.1, 0.15) is 36.3 Å². The van der Waals surface area contributed by atoms with Crippen LogP contribution in [0, 0.1) is 13.8 Å². The summed E-state index contributed by atoms with van der Waals surface area (Å²) in [5, 5.41) is 3.61. The smallest absolute Gasteiger partial charge is 0.323 e. The number of urea groups is 1. The fraction of sp³-hybridized carbons (Fsp3) is 0.667. The van der Waals surface area contributed by atoms with Gasteiger partial charge < -0.3 is 4.90 Å². The number of anilines is 1. The molecule has 1 aromatic heterocycles. The monoisotopic (exact) mass is 253 g/mol. The van der Waals surface area contributed by atoms with Crippen LogP contribution >= 0.6 is 11.3 Å². The van der Waals surface area contributed by atoms with Gasteiger partial charge in [-0.05, 0) is 26.7 Å². The molecule has 5 heteroatoms. The van der Waals surface area contributed by atoms with Crippen molar-refractivity contribution in [2.75, 3.05) is 18.4 Å². The van der Waals surface area contributed by atoms with Crippen molar-refractivity contribution in [3.63, 3.8) is 0 Å². The van der Waals surface area contributed by atoms with Gasteiger partial charge in [0.1, 0.15) is 0 Å². The van der Waals surface area contributed by atoms with Crippen LogP contribution in [0.2, 0.25) is 0 Å². The van der Waals surface area contributed by atoms with Gasteiger partial charge in [-0.1, -0.05) is 12.8 Å². The fourth-order valence-electron chi connectivity index (χ4n) is 1.97. The first kappa shape index (κ1) is 12.4. The first-order valence-electron chi connectivity index (χ1n) is 6.17. The minimum Gasteiger partial charge on any atom is -0.324 e. The highest BCUT2D eigenvalue weighted by Crippen LogP contribution is 2.21. The fourth-order valence-corrected chi connectivity index (χ4v) is 2.77. The largest absolute Gasteiger partial charge is 0.324 e. The van der Waals surface area contributed by atoms with Crippen molar-refractivity contribution < 1.29 is 4.79 Å². The molecule has 2 heterocycles. The summed E-state index contributed by atoms with van der Waals surface area (Å²) in [4.78, 5) is 19.4. The molecule has 1 saturated heterocycles. The predicted octanol–water partition coefficient (Wildman–Crippen LogP) is 3.17. The SMILES string of the molecule is Cc1nc(NC(=O)N2CCCCCC2)sc1C. The van der Waals surface area contributed by atoms with E-state index in [4.69, 9.17) is 0 Å². The van der Waals surface area contributed by atoms with Crippen LogP contribution < -0.4 is 5.32 Å². The van der Waals surface area contributed by atoms with Gasteiger partial charge in [-0.25, -0.2) is 9.78 Å². The van der Waals surface area contributed by atoms with Crippen molar-refractivity contribution in [2.45, 2.75) is 39.5 Å². The van der Waals surface area contributed by atoms with Crippen LogP contribution in [0.3, 0.4) is 0 Å². The number of hydrogen-bond acceptors (Lipinski definition) is 3. The highest BCUT2D eigenvalue weighted by molar-refractivity contribution is 7.15. The van der Waals surface area contributed by atoms with E-state index < -0.39 is 0 Å². The molecule has 0 aromatic carbocycles. The number of hydrogen-bond donors (Lipinski definition) is 1. The highest BCUT2D eigenvalue weighted by atomic mass is 32.1. The number of thiazole rings is 1. The van der Waals surface area contributed by atoms with Gasteiger partial charge in [0, 0.05) is 18.0 Å². The molecule has 1 aromatic rings. The topological polar surface area (TPSA) is 45.2 Å². The molecular weight excluding hydrogens is 234 g/mol. The number of amides is 2. The van der Waals surface area contributed by atoms with E-state index in [2.05, 4.69) is 10.3 Å². The lowest BCUT2D eigenvalue weighted by atomic mass is 10.2. The Hall–Kier alpha value is -1.10. The van der Waals surface area contributed by atoms with Gasteiger partial charge in [0.2, 0.25) is 0 Å². The maximum Gasteiger partial charge on any atom is 0.323 e. The molecule has 1 aliphatic rings. The molecule has 1 fully saturated rings. The van der Waals surface area contributed by atoms with E-state index >= 15 is 0 Å². The maximum absolute atomic E-state index is 12.0. The predicted molar refractivity (Wildman–Crippen MR) is 70.6 cm³/mol. The molecule has 0 spiro atoms. The normalized spacial score (nSPS) is 16.7. The standard InChI is InChI=1S/C12H19N3OS/c1-9-10(2)17-11(13-9)14-12(16)15-7-5-3-4-6-8-15/h3-8H2,1-2H3,(H,13,14,16). The molecule has 0 aliphatic carbocycles. The van der Waals surface area contributed by atoms with Crippen molar-refractivity contribution in [2.24, 2.45) is 0 Å². The molecule has 2 rings (SSSR count). The molecular formula is C12H19N3OS. The van der Waals surface area contributed by atoms with Gasteiger partial charge in [-0.15, -0.1) is 11.3 Å². The van der Waals surface area contributed by atoms with Gasteiger partial charge in [0.05, 0.1) is 5.69 Å². The van der Waals surface area contributed by atoms with Crippen LogP contribution in [0.5, 0.6) is 0 Å². The van der Waals surface area contributed by atoms with Crippen molar-refractivity contribution in [3.8, 4) is 0 Å². The maximum atomic E-state index is 12.0. The van der Waals surface area contributed by atoms with Crippen LogP contribution in [0.25, 0.3) is 0 Å². The summed E-state index contributed by atoms with van der Waals surface area (Å²) in [6.07, 6.45) is 4.70. The van der Waals surface area contributed by atoms with Crippen LogP contribution in [-0.4, -0.2) is 29.0 Å². The van der Waals surface area contributed by atoms with E-state index in [0.717, 1.165) is 36.5 Å². The zero-order valence-electron chi connectivity index (χ0n) is 10.5. The molecule has 2 amide bonds. The lowest BCUT2D eigenvalue weighted by molar-refractivity contribution is 0.214. The highest BCUT2D eigenvalue weighted by Gasteiger charge is 2.16. The molecule has 0 bridgehead atoms. The van der Waals surface area contributed by atoms with Crippen molar-refractivity contribution >= 4 is 22.5 Å². The molecule has 17 heavy (non-hydrogen) atoms. The second kappa shape index (κ2) is 5.49. The van der Waals surface area contributed by atoms with Crippen LogP contribution in [0.15, 0.2) is 0 Å². The summed E-state index contributed by atoms with van der Waals surface area (Å²) in [5.41, 5.74) is 1.00. The Morgan fingerprint density at radius 2 is 1.88 bits per heavy atom. The molecule has 0 unspecified atom stereocenters. The number of carbonyl (C=O) groups is 1. The van der Waals surface area contributed by atoms with Gasteiger partial charge in [0.15, 0.2) is 5.13 Å². The lowest BCUT2D eigenvalue weighted by Gasteiger charge is -2.19. The number of carbonyl (C=O) groups excluding carboxylic acids is 1. The van der Waals surface area contributed by atoms with Gasteiger partial charge in [0.25, 0.3) is 0 Å². The van der Waals surface area contributed by atoms with Crippen molar-refractivity contribution in [1.82, 2.24) is 9.88 Å². The van der Waals surface area contributed by atoms with E-state index in [-0.39, 0.29) is 6.03 Å². The van der Waals surface area contributed by atoms with E-state index in [0.29, 0.717) is 5.13 Å². The second-order valence-corrected chi connectivity index (χ2v) is 5.70. The number of likely N-dealkylation sites (tertiary alicyclic amines) is 1. The Balaban J connectivity index is 1.95. The van der Waals surface area contributed by atoms with Gasteiger partial charge in [-0.2, -0.15) is 0 Å². The summed E-state index contributed by atoms with van der Waals surface area (Å²) in [6, 6.07) is 0.000602. The summed E-state index contributed by atoms with van der Waals surface area (Å²) >= 11 is 1.54. The minimum atomic E-state index is 0.000602. The Morgan fingerprint density at radius 1 is 1.24 bits per heavy atom.